The number of β-lactam (4-membered cyclic amide) rings is 1. The molecule has 1 fully saturated rings. The van der Waals surface area contributed by atoms with E-state index in [-0.39, 0.29) is 12.2 Å². The Morgan fingerprint density at radius 1 is 1.41 bits per heavy atom. The predicted octanol–water partition coefficient (Wildman–Crippen LogP) is -0.811. The number of aliphatic carboxylic acids is 1. The van der Waals surface area contributed by atoms with E-state index in [1.54, 1.807) is 0 Å². The number of ketones is 1. The largest absolute Gasteiger partial charge is 0.548 e. The summed E-state index contributed by atoms with van der Waals surface area (Å²) in [5.74, 6) is -7.91. The smallest absolute Gasteiger partial charge is 0.411 e. The van der Waals surface area contributed by atoms with Crippen LogP contribution < -0.4 is 5.11 Å². The van der Waals surface area contributed by atoms with E-state index in [0.717, 1.165) is 23.9 Å². The van der Waals surface area contributed by atoms with Gasteiger partial charge >= 0.3 is 11.9 Å². The molecule has 0 bridgehead atoms. The van der Waals surface area contributed by atoms with Crippen LogP contribution in [0.3, 0.4) is 0 Å². The van der Waals surface area contributed by atoms with Crippen molar-refractivity contribution in [1.82, 2.24) is 0 Å². The molecule has 22 heavy (non-hydrogen) atoms. The molecule has 2 N–H and O–H groups in total. The highest BCUT2D eigenvalue weighted by Crippen LogP contribution is 2.53. The zero-order valence-electron chi connectivity index (χ0n) is 11.0. The number of carbonyl (C=O) groups excluding carboxylic acids is 3. The van der Waals surface area contributed by atoms with E-state index < -0.39 is 51.9 Å². The third kappa shape index (κ3) is 1.57. The van der Waals surface area contributed by atoms with Gasteiger partial charge in [-0.25, -0.2) is 4.79 Å². The monoisotopic (exact) mass is 327 g/mol. The number of nitrogens with zero attached hydrogens (tertiary/aromatic N) is 1. The molecule has 2 aliphatic heterocycles. The van der Waals surface area contributed by atoms with Crippen molar-refractivity contribution in [2.75, 3.05) is 5.75 Å². The van der Waals surface area contributed by atoms with Crippen LogP contribution in [0.2, 0.25) is 0 Å². The molecule has 0 saturated carbocycles. The predicted molar refractivity (Wildman–Crippen MR) is 69.6 cm³/mol. The maximum Gasteiger partial charge on any atom is 0.411 e. The Kier molecular flexibility index (Phi) is 3.13. The highest BCUT2D eigenvalue weighted by atomic mass is 32.2. The van der Waals surface area contributed by atoms with Gasteiger partial charge < -0.3 is 20.1 Å². The van der Waals surface area contributed by atoms with Crippen molar-refractivity contribution >= 4 is 35.4 Å². The molecule has 116 valence electrons. The van der Waals surface area contributed by atoms with Crippen molar-refractivity contribution in [3.63, 3.8) is 0 Å². The van der Waals surface area contributed by atoms with Crippen molar-refractivity contribution in [2.45, 2.75) is 11.8 Å². The van der Waals surface area contributed by atoms with E-state index in [1.807, 2.05) is 0 Å². The van der Waals surface area contributed by atoms with Gasteiger partial charge in [0.05, 0.1) is 12.4 Å². The van der Waals surface area contributed by atoms with Gasteiger partial charge in [0.15, 0.2) is 11.5 Å². The van der Waals surface area contributed by atoms with E-state index in [2.05, 4.69) is 0 Å². The summed E-state index contributed by atoms with van der Waals surface area (Å²) in [4.78, 5) is 36.0. The molecule has 0 aromatic carbocycles. The first-order valence-electron chi connectivity index (χ1n) is 6.35. The number of halogens is 1. The maximum atomic E-state index is 13.7. The van der Waals surface area contributed by atoms with E-state index in [9.17, 15) is 34.1 Å². The van der Waals surface area contributed by atoms with Gasteiger partial charge in [-0.15, -0.1) is 8.97 Å². The highest BCUT2D eigenvalue weighted by molar-refractivity contribution is 7.99. The number of aliphatic hydroxyl groups excluding tert-OH is 2. The summed E-state index contributed by atoms with van der Waals surface area (Å²) in [5, 5.41) is 29.9. The molecule has 0 aromatic rings. The number of carbonyl (C=O) groups is 3. The van der Waals surface area contributed by atoms with Crippen molar-refractivity contribution < 1.29 is 38.7 Å². The molecule has 0 spiro atoms. The van der Waals surface area contributed by atoms with Crippen LogP contribution in [-0.2, 0) is 14.4 Å². The third-order valence-electron chi connectivity index (χ3n) is 4.06. The van der Waals surface area contributed by atoms with E-state index in [0.29, 0.717) is 4.58 Å². The maximum absolute atomic E-state index is 13.7. The fourth-order valence-electron chi connectivity index (χ4n) is 3.00. The Balaban J connectivity index is 2.19. The molecule has 3 atom stereocenters. The molecule has 9 heteroatoms. The molecular formula is C13H10FNO6S. The van der Waals surface area contributed by atoms with Gasteiger partial charge in [0.1, 0.15) is 11.7 Å². The van der Waals surface area contributed by atoms with Gasteiger partial charge in [0, 0.05) is 5.75 Å². The standard InChI is InChI=1S/C13H10FNO6S/c14-7-3-4-22-11-13(12(20)21,10(19)15(7)11)8-5(16)1-2-6(17)9(8)18/h1-2,8,11H,3-4H2,(H2-,16,17,18,20,21)/t8?,11-,13?/m0/s1. The fraction of sp³-hybridized carbons (Fsp3) is 0.385. The molecule has 2 unspecified atom stereocenters. The second kappa shape index (κ2) is 4.67. The van der Waals surface area contributed by atoms with Crippen LogP contribution in [0.25, 0.3) is 0 Å². The zero-order valence-corrected chi connectivity index (χ0v) is 11.8. The second-order valence-electron chi connectivity index (χ2n) is 5.12. The molecule has 2 heterocycles. The van der Waals surface area contributed by atoms with Crippen molar-refractivity contribution in [3.05, 3.63) is 23.7 Å². The Bertz CT molecular complexity index is 711. The number of fused-ring (bicyclic) bond motifs is 1. The Morgan fingerprint density at radius 3 is 2.73 bits per heavy atom. The summed E-state index contributed by atoms with van der Waals surface area (Å²) in [5.41, 5.74) is -2.43. The summed E-state index contributed by atoms with van der Waals surface area (Å²) in [6.45, 7) is 0. The summed E-state index contributed by atoms with van der Waals surface area (Å²) in [6, 6.07) is 0. The number of rotatable bonds is 2. The molecule has 3 rings (SSSR count). The first-order chi connectivity index (χ1) is 10.3. The molecule has 3 aliphatic rings. The minimum Gasteiger partial charge on any atom is -0.548 e. The van der Waals surface area contributed by atoms with Gasteiger partial charge in [-0.3, -0.25) is 4.79 Å². The average Bonchev–Trinajstić information content (AvgIpc) is 2.46. The van der Waals surface area contributed by atoms with Crippen LogP contribution >= 0.6 is 11.8 Å². The van der Waals surface area contributed by atoms with Crippen molar-refractivity contribution in [3.8, 4) is 0 Å². The van der Waals surface area contributed by atoms with Crippen molar-refractivity contribution in [1.29, 1.82) is 0 Å². The van der Waals surface area contributed by atoms with E-state index >= 15 is 0 Å². The third-order valence-corrected chi connectivity index (χ3v) is 5.40. The van der Waals surface area contributed by atoms with Gasteiger partial charge in [0.25, 0.3) is 0 Å². The summed E-state index contributed by atoms with van der Waals surface area (Å²) >= 11 is 0.986. The molecule has 0 aromatic heterocycles. The number of amides is 1. The molecule has 0 radical (unpaired) electrons. The number of aliphatic hydroxyl groups is 2. The van der Waals surface area contributed by atoms with Crippen LogP contribution in [0.4, 0.5) is 4.39 Å². The lowest BCUT2D eigenvalue weighted by molar-refractivity contribution is -0.549. The van der Waals surface area contributed by atoms with Crippen LogP contribution in [0.5, 0.6) is 0 Å². The number of carboxylic acids is 1. The zero-order chi connectivity index (χ0) is 16.2. The van der Waals surface area contributed by atoms with Crippen LogP contribution in [0.15, 0.2) is 23.7 Å². The molecule has 7 nitrogen and oxygen atoms in total. The number of thioether (sulfide) groups is 1. The number of hydrogen-bond acceptors (Lipinski definition) is 7. The molecule has 1 aliphatic carbocycles. The summed E-state index contributed by atoms with van der Waals surface area (Å²) in [7, 11) is 0. The van der Waals surface area contributed by atoms with Gasteiger partial charge in [-0.1, -0.05) is 11.8 Å². The average molecular weight is 327 g/mol. The Morgan fingerprint density at radius 2 is 2.09 bits per heavy atom. The van der Waals surface area contributed by atoms with Crippen LogP contribution in [-0.4, -0.2) is 49.5 Å². The number of allylic oxidation sites excluding steroid dienone is 3. The quantitative estimate of drug-likeness (QED) is 0.387. The minimum atomic E-state index is -2.43. The van der Waals surface area contributed by atoms with Crippen LogP contribution in [0, 0.1) is 11.3 Å². The van der Waals surface area contributed by atoms with E-state index in [4.69, 9.17) is 0 Å². The number of hydrogen-bond donors (Lipinski definition) is 2. The lowest BCUT2D eigenvalue weighted by atomic mass is 9.65. The SMILES string of the molecule is O=C1C=CC(O)=C(O)C1C1(C(=O)[O-])C(=O)[N+]2=C(F)CCS[C@H]21. The van der Waals surface area contributed by atoms with Gasteiger partial charge in [-0.05, 0) is 12.2 Å². The lowest BCUT2D eigenvalue weighted by Crippen LogP contribution is -2.75. The highest BCUT2D eigenvalue weighted by Gasteiger charge is 2.77. The summed E-state index contributed by atoms with van der Waals surface area (Å²) < 4.78 is 14.4. The van der Waals surface area contributed by atoms with Crippen LogP contribution in [0.1, 0.15) is 6.42 Å². The number of carboxylic acid groups (broad SMARTS) is 1. The molecular weight excluding hydrogens is 317 g/mol. The minimum absolute atomic E-state index is 0.0262. The molecule has 1 saturated heterocycles. The molecule has 1 amide bonds. The lowest BCUT2D eigenvalue weighted by Gasteiger charge is -2.46. The van der Waals surface area contributed by atoms with Gasteiger partial charge in [-0.2, -0.15) is 0 Å². The van der Waals surface area contributed by atoms with E-state index in [1.165, 1.54) is 0 Å². The first kappa shape index (κ1) is 14.8. The Hall–Kier alpha value is -2.16. The Labute approximate surface area is 127 Å². The summed E-state index contributed by atoms with van der Waals surface area (Å²) in [6.07, 6.45) is 1.74. The topological polar surface area (TPSA) is 118 Å². The second-order valence-corrected chi connectivity index (χ2v) is 6.31. The van der Waals surface area contributed by atoms with Gasteiger partial charge in [0.2, 0.25) is 10.8 Å². The normalized spacial score (nSPS) is 34.6. The fourth-order valence-corrected chi connectivity index (χ4v) is 4.47. The van der Waals surface area contributed by atoms with Crippen molar-refractivity contribution in [2.24, 2.45) is 11.3 Å². The first-order valence-corrected chi connectivity index (χ1v) is 7.40.